The van der Waals surface area contributed by atoms with Crippen LogP contribution in [-0.2, 0) is 27.9 Å². The van der Waals surface area contributed by atoms with Crippen molar-refractivity contribution in [1.82, 2.24) is 14.4 Å². The highest BCUT2D eigenvalue weighted by atomic mass is 32.2. The molecular formula is C11H19N3O4S. The van der Waals surface area contributed by atoms with Crippen LogP contribution < -0.4 is 4.83 Å². The Morgan fingerprint density at radius 1 is 1.42 bits per heavy atom. The number of nitrogens with one attached hydrogen (secondary N) is 1. The Kier molecular flexibility index (Phi) is 4.58. The van der Waals surface area contributed by atoms with Gasteiger partial charge in [-0.05, 0) is 13.0 Å². The Morgan fingerprint density at radius 3 is 2.63 bits per heavy atom. The second-order valence-corrected chi connectivity index (χ2v) is 5.97. The molecule has 0 unspecified atom stereocenters. The lowest BCUT2D eigenvalue weighted by Crippen LogP contribution is -2.48. The quantitative estimate of drug-likeness (QED) is 0.765. The number of hydrazine groups is 1. The first kappa shape index (κ1) is 14.5. The predicted molar refractivity (Wildman–Crippen MR) is 68.7 cm³/mol. The molecule has 0 aliphatic carbocycles. The van der Waals surface area contributed by atoms with Crippen LogP contribution in [0.3, 0.4) is 0 Å². The molecule has 0 spiro atoms. The van der Waals surface area contributed by atoms with Crippen molar-refractivity contribution in [2.45, 2.75) is 25.0 Å². The molecule has 0 bridgehead atoms. The van der Waals surface area contributed by atoms with Gasteiger partial charge in [-0.3, -0.25) is 0 Å². The summed E-state index contributed by atoms with van der Waals surface area (Å²) >= 11 is 0. The molecule has 0 amide bonds. The SMILES string of the molecule is CCn1cc(S(=O)(=O)NN2CCOCC2)cc1CO. The van der Waals surface area contributed by atoms with Crippen molar-refractivity contribution in [2.75, 3.05) is 26.3 Å². The average Bonchev–Trinajstić information content (AvgIpc) is 2.83. The first-order valence-electron chi connectivity index (χ1n) is 6.22. The second-order valence-electron chi connectivity index (χ2n) is 4.31. The second kappa shape index (κ2) is 6.02. The Balaban J connectivity index is 2.16. The fourth-order valence-corrected chi connectivity index (χ4v) is 3.16. The monoisotopic (exact) mass is 289 g/mol. The number of nitrogens with zero attached hydrogens (tertiary/aromatic N) is 2. The fourth-order valence-electron chi connectivity index (χ4n) is 1.98. The summed E-state index contributed by atoms with van der Waals surface area (Å²) in [5.74, 6) is 0. The smallest absolute Gasteiger partial charge is 0.254 e. The number of hydrogen-bond donors (Lipinski definition) is 2. The Hall–Kier alpha value is -0.930. The molecule has 2 N–H and O–H groups in total. The van der Waals surface area contributed by atoms with Crippen molar-refractivity contribution in [1.29, 1.82) is 0 Å². The summed E-state index contributed by atoms with van der Waals surface area (Å²) < 4.78 is 31.3. The van der Waals surface area contributed by atoms with E-state index in [0.29, 0.717) is 38.5 Å². The number of ether oxygens (including phenoxy) is 1. The summed E-state index contributed by atoms with van der Waals surface area (Å²) in [4.78, 5) is 2.70. The van der Waals surface area contributed by atoms with E-state index in [4.69, 9.17) is 4.74 Å². The van der Waals surface area contributed by atoms with Gasteiger partial charge in [0.15, 0.2) is 0 Å². The van der Waals surface area contributed by atoms with E-state index >= 15 is 0 Å². The third-order valence-corrected chi connectivity index (χ3v) is 4.38. The number of sulfonamides is 1. The molecule has 1 aliphatic rings. The Labute approximate surface area is 112 Å². The lowest BCUT2D eigenvalue weighted by atomic mass is 10.4. The van der Waals surface area contributed by atoms with Crippen LogP contribution in [0.1, 0.15) is 12.6 Å². The van der Waals surface area contributed by atoms with Gasteiger partial charge in [0, 0.05) is 31.5 Å². The highest BCUT2D eigenvalue weighted by Crippen LogP contribution is 2.15. The molecule has 1 aromatic heterocycles. The van der Waals surface area contributed by atoms with Gasteiger partial charge in [-0.1, -0.05) is 0 Å². The molecule has 0 atom stereocenters. The minimum atomic E-state index is -3.59. The third-order valence-electron chi connectivity index (χ3n) is 3.03. The summed E-state index contributed by atoms with van der Waals surface area (Å²) in [6.45, 7) is 4.41. The Bertz CT molecular complexity index is 499. The van der Waals surface area contributed by atoms with Crippen molar-refractivity contribution < 1.29 is 18.3 Å². The molecule has 2 heterocycles. The summed E-state index contributed by atoms with van der Waals surface area (Å²) in [5.41, 5.74) is 0.588. The normalized spacial score (nSPS) is 17.8. The minimum absolute atomic E-state index is 0.171. The van der Waals surface area contributed by atoms with Gasteiger partial charge in [0.05, 0.1) is 19.8 Å². The van der Waals surface area contributed by atoms with E-state index in [1.807, 2.05) is 6.92 Å². The number of aromatic nitrogens is 1. The maximum atomic E-state index is 12.2. The van der Waals surface area contributed by atoms with E-state index in [1.54, 1.807) is 9.58 Å². The van der Waals surface area contributed by atoms with Crippen LogP contribution in [-0.4, -0.2) is 49.4 Å². The molecule has 0 radical (unpaired) electrons. The molecule has 7 nitrogen and oxygen atoms in total. The molecule has 19 heavy (non-hydrogen) atoms. The van der Waals surface area contributed by atoms with Crippen LogP contribution in [0.15, 0.2) is 17.2 Å². The molecule has 108 valence electrons. The molecular weight excluding hydrogens is 270 g/mol. The topological polar surface area (TPSA) is 83.8 Å². The zero-order valence-corrected chi connectivity index (χ0v) is 11.7. The van der Waals surface area contributed by atoms with Gasteiger partial charge in [0.1, 0.15) is 4.90 Å². The third kappa shape index (κ3) is 3.34. The van der Waals surface area contributed by atoms with Gasteiger partial charge in [0.25, 0.3) is 10.0 Å². The van der Waals surface area contributed by atoms with E-state index in [2.05, 4.69) is 4.83 Å². The standard InChI is InChI=1S/C11H19N3O4S/c1-2-13-8-11(7-10(13)9-15)19(16,17)12-14-3-5-18-6-4-14/h7-8,12,15H,2-6,9H2,1H3. The number of aliphatic hydroxyl groups excluding tert-OH is 1. The van der Waals surface area contributed by atoms with Crippen LogP contribution in [0.25, 0.3) is 0 Å². The maximum Gasteiger partial charge on any atom is 0.254 e. The number of rotatable bonds is 5. The van der Waals surface area contributed by atoms with Crippen molar-refractivity contribution in [2.24, 2.45) is 0 Å². The first-order chi connectivity index (χ1) is 9.06. The molecule has 1 fully saturated rings. The summed E-state index contributed by atoms with van der Waals surface area (Å²) in [7, 11) is -3.59. The molecule has 1 aliphatic heterocycles. The number of hydrogen-bond acceptors (Lipinski definition) is 5. The van der Waals surface area contributed by atoms with Crippen molar-refractivity contribution in [3.8, 4) is 0 Å². The van der Waals surface area contributed by atoms with E-state index in [9.17, 15) is 13.5 Å². The molecule has 2 rings (SSSR count). The van der Waals surface area contributed by atoms with Gasteiger partial charge in [-0.15, -0.1) is 4.83 Å². The van der Waals surface area contributed by atoms with E-state index in [1.165, 1.54) is 12.3 Å². The number of aryl methyl sites for hydroxylation is 1. The first-order valence-corrected chi connectivity index (χ1v) is 7.70. The van der Waals surface area contributed by atoms with Crippen molar-refractivity contribution in [3.63, 3.8) is 0 Å². The van der Waals surface area contributed by atoms with Gasteiger partial charge in [0.2, 0.25) is 0 Å². The van der Waals surface area contributed by atoms with Crippen LogP contribution in [0.4, 0.5) is 0 Å². The van der Waals surface area contributed by atoms with Gasteiger partial charge < -0.3 is 14.4 Å². The van der Waals surface area contributed by atoms with Crippen LogP contribution in [0.5, 0.6) is 0 Å². The van der Waals surface area contributed by atoms with Gasteiger partial charge >= 0.3 is 0 Å². The fraction of sp³-hybridized carbons (Fsp3) is 0.636. The number of aliphatic hydroxyl groups is 1. The van der Waals surface area contributed by atoms with Crippen molar-refractivity contribution in [3.05, 3.63) is 18.0 Å². The Morgan fingerprint density at radius 2 is 2.11 bits per heavy atom. The highest BCUT2D eigenvalue weighted by Gasteiger charge is 2.22. The largest absolute Gasteiger partial charge is 0.390 e. The summed E-state index contributed by atoms with van der Waals surface area (Å²) in [6.07, 6.45) is 1.54. The predicted octanol–water partition coefficient (Wildman–Crippen LogP) is -0.474. The molecule has 1 aromatic rings. The summed E-state index contributed by atoms with van der Waals surface area (Å²) in [6, 6.07) is 1.49. The molecule has 8 heteroatoms. The maximum absolute atomic E-state index is 12.2. The zero-order chi connectivity index (χ0) is 13.9. The highest BCUT2D eigenvalue weighted by molar-refractivity contribution is 7.89. The van der Waals surface area contributed by atoms with Crippen molar-refractivity contribution >= 4 is 10.0 Å². The lowest BCUT2D eigenvalue weighted by Gasteiger charge is -2.26. The molecule has 0 aromatic carbocycles. The van der Waals surface area contributed by atoms with Gasteiger partial charge in [-0.25, -0.2) is 13.4 Å². The lowest BCUT2D eigenvalue weighted by molar-refractivity contribution is 0.0272. The summed E-state index contributed by atoms with van der Waals surface area (Å²) in [5, 5.41) is 10.8. The van der Waals surface area contributed by atoms with E-state index < -0.39 is 10.0 Å². The van der Waals surface area contributed by atoms with Gasteiger partial charge in [-0.2, -0.15) is 0 Å². The van der Waals surface area contributed by atoms with Crippen LogP contribution in [0, 0.1) is 0 Å². The average molecular weight is 289 g/mol. The van der Waals surface area contributed by atoms with Crippen LogP contribution in [0.2, 0.25) is 0 Å². The molecule has 0 saturated carbocycles. The molecule has 1 saturated heterocycles. The minimum Gasteiger partial charge on any atom is -0.390 e. The van der Waals surface area contributed by atoms with E-state index in [-0.39, 0.29) is 11.5 Å². The number of morpholine rings is 1. The zero-order valence-electron chi connectivity index (χ0n) is 10.9. The van der Waals surface area contributed by atoms with Crippen LogP contribution >= 0.6 is 0 Å². The van der Waals surface area contributed by atoms with E-state index in [0.717, 1.165) is 0 Å².